The van der Waals surface area contributed by atoms with Gasteiger partial charge in [0, 0.05) is 12.1 Å². The van der Waals surface area contributed by atoms with E-state index in [2.05, 4.69) is 21.6 Å². The van der Waals surface area contributed by atoms with E-state index in [4.69, 9.17) is 0 Å². The van der Waals surface area contributed by atoms with Crippen LogP contribution < -0.4 is 10.0 Å². The summed E-state index contributed by atoms with van der Waals surface area (Å²) in [6.45, 7) is 7.61. The molecule has 1 aromatic rings. The van der Waals surface area contributed by atoms with Gasteiger partial charge in [0.2, 0.25) is 5.91 Å². The van der Waals surface area contributed by atoms with Crippen LogP contribution in [0.5, 0.6) is 0 Å². The number of aliphatic imine (C=N–C) groups is 1. The highest BCUT2D eigenvalue weighted by atomic mass is 32.2. The second-order valence-corrected chi connectivity index (χ2v) is 6.95. The fraction of sp³-hybridized carbons (Fsp3) is 0.333. The average Bonchev–Trinajstić information content (AvgIpc) is 2.73. The maximum absolute atomic E-state index is 12.2. The fourth-order valence-electron chi connectivity index (χ4n) is 2.16. The van der Waals surface area contributed by atoms with Crippen molar-refractivity contribution in [2.75, 3.05) is 6.54 Å². The van der Waals surface area contributed by atoms with Gasteiger partial charge in [-0.3, -0.25) is 14.5 Å². The molecule has 2 rings (SSSR count). The highest BCUT2D eigenvalue weighted by molar-refractivity contribution is 7.90. The van der Waals surface area contributed by atoms with Crippen LogP contribution in [-0.4, -0.2) is 32.7 Å². The molecule has 2 N–H and O–H groups in total. The molecule has 0 bridgehead atoms. The Hall–Kier alpha value is -2.15. The Bertz CT molecular complexity index is 723. The fourth-order valence-corrected chi connectivity index (χ4v) is 3.40. The first kappa shape index (κ1) is 16.2. The van der Waals surface area contributed by atoms with Gasteiger partial charge in [-0.2, -0.15) is 0 Å². The van der Waals surface area contributed by atoms with E-state index in [1.165, 1.54) is 6.07 Å². The van der Waals surface area contributed by atoms with Crippen molar-refractivity contribution in [3.8, 4) is 0 Å². The summed E-state index contributed by atoms with van der Waals surface area (Å²) in [5, 5.41) is 2.69. The predicted molar refractivity (Wildman–Crippen MR) is 85.1 cm³/mol. The molecule has 118 valence electrons. The van der Waals surface area contributed by atoms with Crippen molar-refractivity contribution in [3.63, 3.8) is 0 Å². The number of sulfonamides is 1. The van der Waals surface area contributed by atoms with Gasteiger partial charge in [0.1, 0.15) is 11.9 Å². The van der Waals surface area contributed by atoms with Crippen molar-refractivity contribution in [1.82, 2.24) is 10.0 Å². The number of carbonyl (C=O) groups excluding carboxylic acids is 1. The topological polar surface area (TPSA) is 87.6 Å². The highest BCUT2D eigenvalue weighted by Gasteiger charge is 2.32. The molecular weight excluding hydrogens is 302 g/mol. The van der Waals surface area contributed by atoms with Crippen LogP contribution in [0.3, 0.4) is 0 Å². The molecule has 1 aliphatic rings. The van der Waals surface area contributed by atoms with E-state index in [0.717, 1.165) is 0 Å². The number of nitrogens with zero attached hydrogens (tertiary/aromatic N) is 1. The van der Waals surface area contributed by atoms with E-state index in [-0.39, 0.29) is 22.6 Å². The molecule has 1 aliphatic heterocycles. The number of rotatable bonds is 5. The molecule has 0 spiro atoms. The monoisotopic (exact) mass is 321 g/mol. The normalized spacial score (nSPS) is 18.6. The lowest BCUT2D eigenvalue weighted by Gasteiger charge is -2.16. The van der Waals surface area contributed by atoms with E-state index >= 15 is 0 Å². The number of amidine groups is 1. The Labute approximate surface area is 130 Å². The molecule has 1 atom stereocenters. The lowest BCUT2D eigenvalue weighted by molar-refractivity contribution is -0.122. The predicted octanol–water partition coefficient (Wildman–Crippen LogP) is 1.05. The van der Waals surface area contributed by atoms with Gasteiger partial charge in [-0.15, -0.1) is 6.58 Å². The highest BCUT2D eigenvalue weighted by Crippen LogP contribution is 2.23. The summed E-state index contributed by atoms with van der Waals surface area (Å²) < 4.78 is 26.5. The Balaban J connectivity index is 2.39. The first-order chi connectivity index (χ1) is 10.4. The summed E-state index contributed by atoms with van der Waals surface area (Å²) in [6, 6.07) is 5.90. The molecule has 1 heterocycles. The zero-order valence-electron chi connectivity index (χ0n) is 12.5. The second-order valence-electron chi connectivity index (χ2n) is 5.30. The third-order valence-electron chi connectivity index (χ3n) is 3.25. The van der Waals surface area contributed by atoms with E-state index in [1.807, 2.05) is 13.8 Å². The van der Waals surface area contributed by atoms with Crippen molar-refractivity contribution in [3.05, 3.63) is 42.5 Å². The maximum Gasteiger partial charge on any atom is 0.263 e. The van der Waals surface area contributed by atoms with Gasteiger partial charge in [-0.25, -0.2) is 8.42 Å². The van der Waals surface area contributed by atoms with Crippen LogP contribution in [-0.2, 0) is 14.8 Å². The first-order valence-electron chi connectivity index (χ1n) is 6.95. The van der Waals surface area contributed by atoms with Crippen LogP contribution in [0, 0.1) is 5.92 Å². The molecule has 0 saturated heterocycles. The van der Waals surface area contributed by atoms with E-state index in [0.29, 0.717) is 12.1 Å². The van der Waals surface area contributed by atoms with Gasteiger partial charge >= 0.3 is 0 Å². The Morgan fingerprint density at radius 1 is 1.41 bits per heavy atom. The maximum atomic E-state index is 12.2. The van der Waals surface area contributed by atoms with Crippen LogP contribution in [0.4, 0.5) is 0 Å². The molecule has 0 fully saturated rings. The smallest absolute Gasteiger partial charge is 0.263 e. The van der Waals surface area contributed by atoms with Crippen molar-refractivity contribution in [2.24, 2.45) is 10.9 Å². The number of hydrogen-bond acceptors (Lipinski definition) is 4. The van der Waals surface area contributed by atoms with Gasteiger partial charge in [0.15, 0.2) is 0 Å². The Morgan fingerprint density at radius 3 is 2.73 bits per heavy atom. The van der Waals surface area contributed by atoms with Gasteiger partial charge in [-0.05, 0) is 18.1 Å². The van der Waals surface area contributed by atoms with Crippen LogP contribution in [0.2, 0.25) is 0 Å². The van der Waals surface area contributed by atoms with Crippen LogP contribution in [0.25, 0.3) is 0 Å². The molecule has 22 heavy (non-hydrogen) atoms. The molecule has 6 nitrogen and oxygen atoms in total. The average molecular weight is 321 g/mol. The minimum atomic E-state index is -3.60. The largest absolute Gasteiger partial charge is 0.351 e. The summed E-state index contributed by atoms with van der Waals surface area (Å²) in [7, 11) is -3.60. The second kappa shape index (κ2) is 6.31. The SMILES string of the molecule is C=CCNC(=O)C(N=C1NS(=O)(=O)c2ccccc21)C(C)C. The molecule has 7 heteroatoms. The number of hydrogen-bond donors (Lipinski definition) is 2. The van der Waals surface area contributed by atoms with Gasteiger partial charge in [0.25, 0.3) is 10.0 Å². The summed E-state index contributed by atoms with van der Waals surface area (Å²) in [4.78, 5) is 16.7. The van der Waals surface area contributed by atoms with Gasteiger partial charge < -0.3 is 5.32 Å². The van der Waals surface area contributed by atoms with Crippen molar-refractivity contribution in [2.45, 2.75) is 24.8 Å². The number of fused-ring (bicyclic) bond motifs is 1. The molecule has 1 unspecified atom stereocenters. The summed E-state index contributed by atoms with van der Waals surface area (Å²) in [5.74, 6) is -0.122. The van der Waals surface area contributed by atoms with Gasteiger partial charge in [-0.1, -0.05) is 32.1 Å². The van der Waals surface area contributed by atoms with Crippen LogP contribution >= 0.6 is 0 Å². The number of carbonyl (C=O) groups is 1. The van der Waals surface area contributed by atoms with Crippen molar-refractivity contribution >= 4 is 21.8 Å². The lowest BCUT2D eigenvalue weighted by atomic mass is 10.0. The zero-order chi connectivity index (χ0) is 16.3. The Morgan fingerprint density at radius 2 is 2.09 bits per heavy atom. The first-order valence-corrected chi connectivity index (χ1v) is 8.43. The van der Waals surface area contributed by atoms with E-state index in [9.17, 15) is 13.2 Å². The third kappa shape index (κ3) is 3.19. The van der Waals surface area contributed by atoms with E-state index in [1.54, 1.807) is 24.3 Å². The molecule has 0 saturated carbocycles. The quantitative estimate of drug-likeness (QED) is 0.795. The number of benzene rings is 1. The number of nitrogens with one attached hydrogen (secondary N) is 2. The lowest BCUT2D eigenvalue weighted by Crippen LogP contribution is -2.38. The molecular formula is C15H19N3O3S. The Kier molecular flexibility index (Phi) is 4.65. The molecule has 1 amide bonds. The molecule has 0 aromatic heterocycles. The molecule has 1 aromatic carbocycles. The van der Waals surface area contributed by atoms with Crippen LogP contribution in [0.1, 0.15) is 19.4 Å². The minimum absolute atomic E-state index is 0.0745. The van der Waals surface area contributed by atoms with Crippen LogP contribution in [0.15, 0.2) is 46.8 Å². The minimum Gasteiger partial charge on any atom is -0.351 e. The van der Waals surface area contributed by atoms with E-state index < -0.39 is 16.1 Å². The summed E-state index contributed by atoms with van der Waals surface area (Å²) in [5.41, 5.74) is 0.490. The number of amides is 1. The van der Waals surface area contributed by atoms with Crippen molar-refractivity contribution in [1.29, 1.82) is 0 Å². The molecule has 0 radical (unpaired) electrons. The van der Waals surface area contributed by atoms with Gasteiger partial charge in [0.05, 0.1) is 4.90 Å². The van der Waals surface area contributed by atoms with Crippen molar-refractivity contribution < 1.29 is 13.2 Å². The zero-order valence-corrected chi connectivity index (χ0v) is 13.4. The molecule has 0 aliphatic carbocycles. The standard InChI is InChI=1S/C15H19N3O3S/c1-4-9-16-15(19)13(10(2)3)17-14-11-7-5-6-8-12(11)22(20,21)18-14/h4-8,10,13H,1,9H2,2-3H3,(H,16,19)(H,17,18). The summed E-state index contributed by atoms with van der Waals surface area (Å²) in [6.07, 6.45) is 1.58. The third-order valence-corrected chi connectivity index (χ3v) is 4.65. The summed E-state index contributed by atoms with van der Waals surface area (Å²) >= 11 is 0.